The molecule has 0 saturated heterocycles. The second kappa shape index (κ2) is 8.76. The third kappa shape index (κ3) is 5.03. The van der Waals surface area contributed by atoms with Crippen molar-refractivity contribution in [3.05, 3.63) is 60.4 Å². The van der Waals surface area contributed by atoms with E-state index in [1.807, 2.05) is 35.8 Å². The van der Waals surface area contributed by atoms with Gasteiger partial charge in [0.2, 0.25) is 15.9 Å². The summed E-state index contributed by atoms with van der Waals surface area (Å²) in [5, 5.41) is 11.3. The third-order valence-electron chi connectivity index (χ3n) is 4.06. The number of hydrogen-bond donors (Lipinski definition) is 1. The zero-order valence-electron chi connectivity index (χ0n) is 16.2. The lowest BCUT2D eigenvalue weighted by atomic mass is 10.2. The van der Waals surface area contributed by atoms with Crippen molar-refractivity contribution < 1.29 is 13.2 Å². The van der Waals surface area contributed by atoms with Crippen LogP contribution in [0.15, 0.2) is 64.9 Å². The van der Waals surface area contributed by atoms with Crippen LogP contribution in [0.4, 0.5) is 5.69 Å². The van der Waals surface area contributed by atoms with E-state index in [9.17, 15) is 13.2 Å². The molecule has 1 N–H and O–H groups in total. The minimum Gasteiger partial charge on any atom is -0.325 e. The molecule has 0 aliphatic rings. The van der Waals surface area contributed by atoms with Crippen molar-refractivity contribution in [1.29, 1.82) is 0 Å². The maximum atomic E-state index is 12.3. The predicted octanol–water partition coefficient (Wildman–Crippen LogP) is 2.56. The first kappa shape index (κ1) is 21.0. The minimum atomic E-state index is -3.57. The average molecular weight is 432 g/mol. The monoisotopic (exact) mass is 431 g/mol. The van der Waals surface area contributed by atoms with Crippen LogP contribution < -0.4 is 5.32 Å². The summed E-state index contributed by atoms with van der Waals surface area (Å²) >= 11 is 1.25. The molecular formula is C19H21N5O3S2. The molecule has 29 heavy (non-hydrogen) atoms. The van der Waals surface area contributed by atoms with E-state index in [0.717, 1.165) is 15.6 Å². The van der Waals surface area contributed by atoms with Crippen LogP contribution >= 0.6 is 11.8 Å². The second-order valence-corrected chi connectivity index (χ2v) is 9.57. The number of thioether (sulfide) groups is 1. The van der Waals surface area contributed by atoms with Crippen LogP contribution in [0.25, 0.3) is 5.69 Å². The molecule has 152 valence electrons. The SMILES string of the molecule is Cc1ccc(-n2cnnc2SCC(=O)Nc2cccc(S(=O)(=O)N(C)C)c2)cc1. The minimum absolute atomic E-state index is 0.106. The lowest BCUT2D eigenvalue weighted by molar-refractivity contribution is -0.113. The molecule has 1 heterocycles. The number of amides is 1. The van der Waals surface area contributed by atoms with Crippen LogP contribution in [0, 0.1) is 6.92 Å². The molecular weight excluding hydrogens is 410 g/mol. The zero-order valence-corrected chi connectivity index (χ0v) is 17.9. The second-order valence-electron chi connectivity index (χ2n) is 6.47. The first-order chi connectivity index (χ1) is 13.8. The Hall–Kier alpha value is -2.69. The molecule has 3 rings (SSSR count). The number of nitrogens with one attached hydrogen (secondary N) is 1. The highest BCUT2D eigenvalue weighted by Gasteiger charge is 2.18. The highest BCUT2D eigenvalue weighted by molar-refractivity contribution is 7.99. The van der Waals surface area contributed by atoms with E-state index in [2.05, 4.69) is 15.5 Å². The van der Waals surface area contributed by atoms with Crippen LogP contribution in [0.2, 0.25) is 0 Å². The van der Waals surface area contributed by atoms with Crippen LogP contribution in [0.1, 0.15) is 5.56 Å². The third-order valence-corrected chi connectivity index (χ3v) is 6.81. The molecule has 0 bridgehead atoms. The van der Waals surface area contributed by atoms with Crippen LogP contribution in [-0.4, -0.2) is 53.2 Å². The van der Waals surface area contributed by atoms with Crippen LogP contribution in [0.5, 0.6) is 0 Å². The maximum absolute atomic E-state index is 12.3. The summed E-state index contributed by atoms with van der Waals surface area (Å²) in [5.41, 5.74) is 2.47. The van der Waals surface area contributed by atoms with E-state index in [0.29, 0.717) is 10.8 Å². The number of hydrogen-bond acceptors (Lipinski definition) is 6. The smallest absolute Gasteiger partial charge is 0.242 e. The highest BCUT2D eigenvalue weighted by atomic mass is 32.2. The zero-order chi connectivity index (χ0) is 21.0. The fourth-order valence-corrected chi connectivity index (χ4v) is 4.15. The summed E-state index contributed by atoms with van der Waals surface area (Å²) < 4.78 is 27.4. The molecule has 2 aromatic carbocycles. The Morgan fingerprint density at radius 1 is 1.17 bits per heavy atom. The standard InChI is InChI=1S/C19H21N5O3S2/c1-14-7-9-16(10-8-14)24-13-20-22-19(24)28-12-18(25)21-15-5-4-6-17(11-15)29(26,27)23(2)3/h4-11,13H,12H2,1-3H3,(H,21,25). The van der Waals surface area contributed by atoms with Gasteiger partial charge in [0, 0.05) is 25.5 Å². The lowest BCUT2D eigenvalue weighted by Crippen LogP contribution is -2.22. The lowest BCUT2D eigenvalue weighted by Gasteiger charge is -2.12. The van der Waals surface area contributed by atoms with Crippen LogP contribution in [0.3, 0.4) is 0 Å². The number of aromatic nitrogens is 3. The number of carbonyl (C=O) groups is 1. The number of anilines is 1. The van der Waals surface area contributed by atoms with E-state index in [1.165, 1.54) is 38.0 Å². The van der Waals surface area contributed by atoms with Crippen LogP contribution in [-0.2, 0) is 14.8 Å². The first-order valence-electron chi connectivity index (χ1n) is 8.69. The van der Waals surface area contributed by atoms with E-state index >= 15 is 0 Å². The highest BCUT2D eigenvalue weighted by Crippen LogP contribution is 2.21. The summed E-state index contributed by atoms with van der Waals surface area (Å²) in [4.78, 5) is 12.5. The molecule has 0 saturated carbocycles. The first-order valence-corrected chi connectivity index (χ1v) is 11.1. The Labute approximate surface area is 174 Å². The molecule has 3 aromatic rings. The van der Waals surface area contributed by atoms with E-state index < -0.39 is 10.0 Å². The number of carbonyl (C=O) groups excluding carboxylic acids is 1. The van der Waals surface area contributed by atoms with Crippen molar-refractivity contribution in [2.45, 2.75) is 17.0 Å². The summed E-state index contributed by atoms with van der Waals surface area (Å²) in [6.07, 6.45) is 1.60. The number of aryl methyl sites for hydroxylation is 1. The van der Waals surface area contributed by atoms with Gasteiger partial charge in [-0.25, -0.2) is 12.7 Å². The molecule has 0 aliphatic heterocycles. The fourth-order valence-electron chi connectivity index (χ4n) is 2.48. The van der Waals surface area contributed by atoms with E-state index in [4.69, 9.17) is 0 Å². The summed E-state index contributed by atoms with van der Waals surface area (Å²) in [6.45, 7) is 2.01. The summed E-state index contributed by atoms with van der Waals surface area (Å²) in [5.74, 6) is -0.164. The molecule has 1 aromatic heterocycles. The molecule has 8 nitrogen and oxygen atoms in total. The largest absolute Gasteiger partial charge is 0.325 e. The molecule has 0 unspecified atom stereocenters. The summed E-state index contributed by atoms with van der Waals surface area (Å²) in [7, 11) is -0.648. The number of sulfonamides is 1. The average Bonchev–Trinajstić information content (AvgIpc) is 3.15. The number of benzene rings is 2. The maximum Gasteiger partial charge on any atom is 0.242 e. The topological polar surface area (TPSA) is 97.2 Å². The van der Waals surface area contributed by atoms with Gasteiger partial charge in [0.05, 0.1) is 10.6 Å². The van der Waals surface area contributed by atoms with Gasteiger partial charge >= 0.3 is 0 Å². The Morgan fingerprint density at radius 2 is 1.90 bits per heavy atom. The van der Waals surface area contributed by atoms with Gasteiger partial charge in [0.25, 0.3) is 0 Å². The molecule has 0 radical (unpaired) electrons. The predicted molar refractivity (Wildman–Crippen MR) is 113 cm³/mol. The Bertz CT molecular complexity index is 1110. The van der Waals surface area contributed by atoms with Gasteiger partial charge in [-0.1, -0.05) is 35.5 Å². The van der Waals surface area contributed by atoms with Crippen molar-refractivity contribution in [2.24, 2.45) is 0 Å². The van der Waals surface area contributed by atoms with Gasteiger partial charge in [0.15, 0.2) is 5.16 Å². The Kier molecular flexibility index (Phi) is 6.36. The van der Waals surface area contributed by atoms with Crippen molar-refractivity contribution in [1.82, 2.24) is 19.1 Å². The van der Waals surface area contributed by atoms with Crippen molar-refractivity contribution in [3.8, 4) is 5.69 Å². The van der Waals surface area contributed by atoms with Gasteiger partial charge in [0.1, 0.15) is 6.33 Å². The van der Waals surface area contributed by atoms with Gasteiger partial charge < -0.3 is 5.32 Å². The van der Waals surface area contributed by atoms with Crippen molar-refractivity contribution in [2.75, 3.05) is 25.2 Å². The van der Waals surface area contributed by atoms with Crippen molar-refractivity contribution in [3.63, 3.8) is 0 Å². The van der Waals surface area contributed by atoms with Crippen molar-refractivity contribution >= 4 is 33.4 Å². The van der Waals surface area contributed by atoms with Gasteiger partial charge in [-0.15, -0.1) is 10.2 Å². The van der Waals surface area contributed by atoms with Gasteiger partial charge in [-0.2, -0.15) is 0 Å². The van der Waals surface area contributed by atoms with E-state index in [1.54, 1.807) is 18.5 Å². The van der Waals surface area contributed by atoms with E-state index in [-0.39, 0.29) is 16.6 Å². The Balaban J connectivity index is 1.66. The molecule has 0 aliphatic carbocycles. The fraction of sp³-hybridized carbons (Fsp3) is 0.211. The quantitative estimate of drug-likeness (QED) is 0.578. The normalized spacial score (nSPS) is 11.6. The van der Waals surface area contributed by atoms with Gasteiger partial charge in [-0.3, -0.25) is 9.36 Å². The molecule has 0 atom stereocenters. The molecule has 0 fully saturated rings. The number of rotatable bonds is 7. The molecule has 0 spiro atoms. The summed E-state index contributed by atoms with van der Waals surface area (Å²) in [6, 6.07) is 14.1. The molecule has 10 heteroatoms. The molecule has 1 amide bonds. The number of nitrogens with zero attached hydrogens (tertiary/aromatic N) is 4. The van der Waals surface area contributed by atoms with Gasteiger partial charge in [-0.05, 0) is 37.3 Å². The Morgan fingerprint density at radius 3 is 2.59 bits per heavy atom.